The maximum atomic E-state index is 12.5. The highest BCUT2D eigenvalue weighted by molar-refractivity contribution is 6.07. The Bertz CT molecular complexity index is 459. The lowest BCUT2D eigenvalue weighted by Gasteiger charge is -2.29. The molecule has 3 rings (SSSR count). The van der Waals surface area contributed by atoms with Crippen LogP contribution >= 0.6 is 0 Å². The summed E-state index contributed by atoms with van der Waals surface area (Å²) in [5, 5.41) is 4.91. The molecule has 1 atom stereocenters. The number of hydrogen-bond acceptors (Lipinski definition) is 4. The molecule has 0 aromatic heterocycles. The van der Waals surface area contributed by atoms with E-state index in [0.29, 0.717) is 13.0 Å². The first-order chi connectivity index (χ1) is 9.50. The first-order valence-corrected chi connectivity index (χ1v) is 7.18. The number of carbonyl (C=O) groups excluding carboxylic acids is 3. The molecule has 0 aromatic rings. The average molecular weight is 280 g/mol. The molecule has 1 unspecified atom stereocenters. The second kappa shape index (κ2) is 4.73. The Morgan fingerprint density at radius 3 is 2.55 bits per heavy atom. The fraction of sp³-hybridized carbons (Fsp3) is 0.769. The van der Waals surface area contributed by atoms with Crippen LogP contribution in [0.3, 0.4) is 0 Å². The molecule has 7 nitrogen and oxygen atoms in total. The summed E-state index contributed by atoms with van der Waals surface area (Å²) in [6.07, 6.45) is 3.89. The van der Waals surface area contributed by atoms with Gasteiger partial charge in [0, 0.05) is 18.5 Å². The highest BCUT2D eigenvalue weighted by atomic mass is 16.2. The molecule has 2 aliphatic heterocycles. The van der Waals surface area contributed by atoms with E-state index >= 15 is 0 Å². The smallest absolute Gasteiger partial charge is 0.322 e. The van der Waals surface area contributed by atoms with Crippen LogP contribution < -0.4 is 16.4 Å². The number of likely N-dealkylation sites (tertiary alicyclic amines) is 1. The van der Waals surface area contributed by atoms with Crippen LogP contribution in [-0.2, 0) is 9.59 Å². The maximum absolute atomic E-state index is 12.5. The summed E-state index contributed by atoms with van der Waals surface area (Å²) in [7, 11) is 0. The van der Waals surface area contributed by atoms with Crippen molar-refractivity contribution >= 4 is 17.8 Å². The van der Waals surface area contributed by atoms with Crippen LogP contribution in [0.2, 0.25) is 0 Å². The molecule has 1 saturated carbocycles. The fourth-order valence-corrected chi connectivity index (χ4v) is 3.44. The number of carbonyl (C=O) groups is 3. The molecule has 7 heteroatoms. The molecule has 2 heterocycles. The van der Waals surface area contributed by atoms with Gasteiger partial charge in [0.25, 0.3) is 5.91 Å². The van der Waals surface area contributed by atoms with Gasteiger partial charge in [-0.1, -0.05) is 0 Å². The van der Waals surface area contributed by atoms with E-state index in [4.69, 9.17) is 5.73 Å². The van der Waals surface area contributed by atoms with Gasteiger partial charge in [0.1, 0.15) is 5.54 Å². The number of nitrogens with zero attached hydrogens (tertiary/aromatic N) is 1. The van der Waals surface area contributed by atoms with Gasteiger partial charge in [0.2, 0.25) is 5.91 Å². The summed E-state index contributed by atoms with van der Waals surface area (Å²) in [5.41, 5.74) is 4.95. The Balaban J connectivity index is 1.64. The van der Waals surface area contributed by atoms with Gasteiger partial charge in [0.05, 0.1) is 6.54 Å². The van der Waals surface area contributed by atoms with Gasteiger partial charge >= 0.3 is 6.03 Å². The van der Waals surface area contributed by atoms with Crippen LogP contribution in [-0.4, -0.2) is 47.4 Å². The Morgan fingerprint density at radius 1 is 1.25 bits per heavy atom. The monoisotopic (exact) mass is 280 g/mol. The Morgan fingerprint density at radius 2 is 1.95 bits per heavy atom. The lowest BCUT2D eigenvalue weighted by atomic mass is 9.85. The second-order valence-corrected chi connectivity index (χ2v) is 6.11. The highest BCUT2D eigenvalue weighted by Gasteiger charge is 2.52. The van der Waals surface area contributed by atoms with Gasteiger partial charge in [-0.25, -0.2) is 4.79 Å². The molecule has 4 amide bonds. The summed E-state index contributed by atoms with van der Waals surface area (Å²) in [4.78, 5) is 37.3. The minimum atomic E-state index is -0.905. The Labute approximate surface area is 117 Å². The van der Waals surface area contributed by atoms with Gasteiger partial charge in [-0.3, -0.25) is 14.9 Å². The Kier molecular flexibility index (Phi) is 3.16. The molecule has 20 heavy (non-hydrogen) atoms. The number of nitrogens with two attached hydrogens (primary N) is 1. The van der Waals surface area contributed by atoms with Gasteiger partial charge < -0.3 is 16.0 Å². The van der Waals surface area contributed by atoms with Crippen molar-refractivity contribution in [3.8, 4) is 0 Å². The number of hydrogen-bond donors (Lipinski definition) is 3. The standard InChI is InChI=1S/C13H20N4O3/c14-9-3-1-8(2-4-9)10(18)17-6-5-13(7-17)11(19)15-12(20)16-13/h8-9H,1-7,14H2,(H2,15,16,19,20). The molecule has 3 fully saturated rings. The molecule has 1 spiro atoms. The van der Waals surface area contributed by atoms with Crippen LogP contribution in [0.15, 0.2) is 0 Å². The topological polar surface area (TPSA) is 105 Å². The van der Waals surface area contributed by atoms with Gasteiger partial charge in [-0.2, -0.15) is 0 Å². The Hall–Kier alpha value is -1.63. The summed E-state index contributed by atoms with van der Waals surface area (Å²) in [6.45, 7) is 0.807. The van der Waals surface area contributed by atoms with Crippen LogP contribution in [0.4, 0.5) is 4.79 Å². The van der Waals surface area contributed by atoms with E-state index in [9.17, 15) is 14.4 Å². The molecule has 2 saturated heterocycles. The number of imide groups is 1. The van der Waals surface area contributed by atoms with Crippen LogP contribution in [0.5, 0.6) is 0 Å². The van der Waals surface area contributed by atoms with Crippen molar-refractivity contribution in [2.75, 3.05) is 13.1 Å². The number of rotatable bonds is 1. The van der Waals surface area contributed by atoms with E-state index in [0.717, 1.165) is 25.7 Å². The normalized spacial score (nSPS) is 37.1. The first-order valence-electron chi connectivity index (χ1n) is 7.18. The zero-order valence-electron chi connectivity index (χ0n) is 11.4. The number of nitrogens with one attached hydrogen (secondary N) is 2. The summed E-state index contributed by atoms with van der Waals surface area (Å²) in [6, 6.07) is -0.253. The quantitative estimate of drug-likeness (QED) is 0.553. The zero-order valence-corrected chi connectivity index (χ0v) is 11.4. The largest absolute Gasteiger partial charge is 0.339 e. The lowest BCUT2D eigenvalue weighted by Crippen LogP contribution is -2.50. The van der Waals surface area contributed by atoms with Crippen molar-refractivity contribution < 1.29 is 14.4 Å². The third-order valence-corrected chi connectivity index (χ3v) is 4.72. The van der Waals surface area contributed by atoms with Crippen LogP contribution in [0.1, 0.15) is 32.1 Å². The molecule has 1 aliphatic carbocycles. The first kappa shape index (κ1) is 13.4. The molecule has 4 N–H and O–H groups in total. The van der Waals surface area contributed by atoms with Crippen LogP contribution in [0.25, 0.3) is 0 Å². The van der Waals surface area contributed by atoms with Crippen molar-refractivity contribution in [3.63, 3.8) is 0 Å². The maximum Gasteiger partial charge on any atom is 0.322 e. The molecule has 0 aromatic carbocycles. The molecule has 3 aliphatic rings. The van der Waals surface area contributed by atoms with Gasteiger partial charge in [-0.15, -0.1) is 0 Å². The van der Waals surface area contributed by atoms with Crippen LogP contribution in [0, 0.1) is 5.92 Å². The van der Waals surface area contributed by atoms with Gasteiger partial charge in [0.15, 0.2) is 0 Å². The molecule has 0 radical (unpaired) electrons. The van der Waals surface area contributed by atoms with Crippen molar-refractivity contribution in [3.05, 3.63) is 0 Å². The molecular weight excluding hydrogens is 260 g/mol. The fourth-order valence-electron chi connectivity index (χ4n) is 3.44. The predicted octanol–water partition coefficient (Wildman–Crippen LogP) is -0.686. The average Bonchev–Trinajstić information content (AvgIpc) is 2.95. The zero-order chi connectivity index (χ0) is 14.3. The van der Waals surface area contributed by atoms with E-state index in [1.807, 2.05) is 0 Å². The van der Waals surface area contributed by atoms with Crippen molar-refractivity contribution in [1.82, 2.24) is 15.5 Å². The highest BCUT2D eigenvalue weighted by Crippen LogP contribution is 2.30. The number of amides is 4. The van der Waals surface area contributed by atoms with Gasteiger partial charge in [-0.05, 0) is 32.1 Å². The molecule has 110 valence electrons. The van der Waals surface area contributed by atoms with E-state index in [-0.39, 0.29) is 30.3 Å². The van der Waals surface area contributed by atoms with E-state index in [1.165, 1.54) is 0 Å². The van der Waals surface area contributed by atoms with E-state index in [2.05, 4.69) is 10.6 Å². The lowest BCUT2D eigenvalue weighted by molar-refractivity contribution is -0.136. The minimum absolute atomic E-state index is 0.0186. The summed E-state index contributed by atoms with van der Waals surface area (Å²) < 4.78 is 0. The third kappa shape index (κ3) is 2.15. The van der Waals surface area contributed by atoms with E-state index < -0.39 is 11.6 Å². The van der Waals surface area contributed by atoms with E-state index in [1.54, 1.807) is 4.90 Å². The van der Waals surface area contributed by atoms with Crippen molar-refractivity contribution in [2.45, 2.75) is 43.7 Å². The molecule has 0 bridgehead atoms. The van der Waals surface area contributed by atoms with Crippen molar-refractivity contribution in [2.24, 2.45) is 11.7 Å². The second-order valence-electron chi connectivity index (χ2n) is 6.11. The minimum Gasteiger partial charge on any atom is -0.339 e. The van der Waals surface area contributed by atoms with Crippen molar-refractivity contribution in [1.29, 1.82) is 0 Å². The predicted molar refractivity (Wildman–Crippen MR) is 70.5 cm³/mol. The summed E-state index contributed by atoms with van der Waals surface area (Å²) >= 11 is 0. The SMILES string of the molecule is NC1CCC(C(=O)N2CCC3(C2)NC(=O)NC3=O)CC1. The number of urea groups is 1. The summed E-state index contributed by atoms with van der Waals surface area (Å²) in [5.74, 6) is -0.198. The molecular formula is C13H20N4O3. The third-order valence-electron chi connectivity index (χ3n) is 4.72.